The minimum absolute atomic E-state index is 0.594. The van der Waals surface area contributed by atoms with E-state index in [1.54, 1.807) is 4.72 Å². The van der Waals surface area contributed by atoms with Crippen molar-refractivity contribution in [2.45, 2.75) is 17.9 Å². The zero-order chi connectivity index (χ0) is 12.3. The first kappa shape index (κ1) is 12.6. The summed E-state index contributed by atoms with van der Waals surface area (Å²) in [6.45, 7) is 1.09. The molecule has 1 rings (SSSR count). The highest BCUT2D eigenvalue weighted by molar-refractivity contribution is 7.89. The summed E-state index contributed by atoms with van der Waals surface area (Å²) in [6, 6.07) is 3.25. The predicted octanol–water partition coefficient (Wildman–Crippen LogP) is -0.758. The molecule has 88 valence electrons. The Bertz CT molecular complexity index is 500. The Morgan fingerprint density at radius 3 is 2.50 bits per heavy atom. The summed E-state index contributed by atoms with van der Waals surface area (Å²) in [5.41, 5.74) is 0. The van der Waals surface area contributed by atoms with Crippen LogP contribution in [0.4, 0.5) is 4.39 Å². The lowest BCUT2D eigenvalue weighted by molar-refractivity contribution is -0.307. The first-order valence-corrected chi connectivity index (χ1v) is 5.80. The third-order valence-electron chi connectivity index (χ3n) is 1.81. The van der Waals surface area contributed by atoms with Gasteiger partial charge in [0.15, 0.2) is 0 Å². The average molecular weight is 246 g/mol. The molecule has 0 radical (unpaired) electrons. The zero-order valence-corrected chi connectivity index (χ0v) is 9.12. The second-order valence-electron chi connectivity index (χ2n) is 3.09. The topological polar surface area (TPSA) is 86.3 Å². The number of carbonyl (C=O) groups is 1. The van der Waals surface area contributed by atoms with Gasteiger partial charge >= 0.3 is 0 Å². The molecule has 0 aliphatic carbocycles. The van der Waals surface area contributed by atoms with Crippen LogP contribution in [0.5, 0.6) is 0 Å². The van der Waals surface area contributed by atoms with Crippen molar-refractivity contribution >= 4 is 16.0 Å². The van der Waals surface area contributed by atoms with E-state index < -0.39 is 32.7 Å². The first-order chi connectivity index (χ1) is 7.34. The molecule has 0 fully saturated rings. The summed E-state index contributed by atoms with van der Waals surface area (Å²) in [4.78, 5) is 9.77. The molecule has 0 spiro atoms. The average Bonchev–Trinajstić information content (AvgIpc) is 2.17. The van der Waals surface area contributed by atoms with Crippen LogP contribution in [0.1, 0.15) is 6.92 Å². The van der Waals surface area contributed by atoms with Crippen molar-refractivity contribution in [3.05, 3.63) is 30.1 Å². The van der Waals surface area contributed by atoms with Crippen LogP contribution in [-0.2, 0) is 14.8 Å². The van der Waals surface area contributed by atoms with Crippen molar-refractivity contribution in [2.24, 2.45) is 0 Å². The summed E-state index contributed by atoms with van der Waals surface area (Å²) in [7, 11) is -4.18. The number of sulfonamides is 1. The fourth-order valence-corrected chi connectivity index (χ4v) is 2.28. The quantitative estimate of drug-likeness (QED) is 0.756. The molecule has 7 heteroatoms. The summed E-state index contributed by atoms with van der Waals surface area (Å²) >= 11 is 0. The summed E-state index contributed by atoms with van der Waals surface area (Å²) < 4.78 is 38.0. The van der Waals surface area contributed by atoms with E-state index in [1.165, 1.54) is 12.1 Å². The van der Waals surface area contributed by atoms with Gasteiger partial charge in [-0.05, 0) is 19.1 Å². The lowest BCUT2D eigenvalue weighted by Gasteiger charge is -2.14. The minimum atomic E-state index is -4.18. The molecule has 5 nitrogen and oxygen atoms in total. The number of rotatable bonds is 4. The van der Waals surface area contributed by atoms with Crippen molar-refractivity contribution in [3.8, 4) is 0 Å². The van der Waals surface area contributed by atoms with Gasteiger partial charge in [0, 0.05) is 0 Å². The molecular formula is C9H9FNO4S-. The number of aliphatic carboxylic acids is 1. The number of benzene rings is 1. The Morgan fingerprint density at radius 2 is 2.00 bits per heavy atom. The maximum atomic E-state index is 13.2. The van der Waals surface area contributed by atoms with E-state index in [0.29, 0.717) is 0 Å². The van der Waals surface area contributed by atoms with Gasteiger partial charge in [-0.2, -0.15) is 0 Å². The van der Waals surface area contributed by atoms with E-state index >= 15 is 0 Å². The fourth-order valence-electron chi connectivity index (χ4n) is 1.01. The molecule has 1 unspecified atom stereocenters. The molecule has 0 heterocycles. The SMILES string of the molecule is CC(NS(=O)(=O)c1ccccc1F)C(=O)[O-]. The van der Waals surface area contributed by atoms with Crippen molar-refractivity contribution in [1.82, 2.24) is 4.72 Å². The van der Waals surface area contributed by atoms with E-state index in [0.717, 1.165) is 19.1 Å². The minimum Gasteiger partial charge on any atom is -0.548 e. The van der Waals surface area contributed by atoms with E-state index in [-0.39, 0.29) is 0 Å². The van der Waals surface area contributed by atoms with Crippen LogP contribution in [-0.4, -0.2) is 20.4 Å². The van der Waals surface area contributed by atoms with Gasteiger partial charge in [0.25, 0.3) is 0 Å². The Hall–Kier alpha value is -1.47. The maximum absolute atomic E-state index is 13.2. The van der Waals surface area contributed by atoms with Gasteiger partial charge in [-0.15, -0.1) is 0 Å². The molecule has 1 N–H and O–H groups in total. The monoisotopic (exact) mass is 246 g/mol. The van der Waals surface area contributed by atoms with Crippen LogP contribution in [0.2, 0.25) is 0 Å². The van der Waals surface area contributed by atoms with E-state index in [9.17, 15) is 22.7 Å². The van der Waals surface area contributed by atoms with Crippen LogP contribution in [0.25, 0.3) is 0 Å². The number of carboxylic acids is 1. The van der Waals surface area contributed by atoms with Crippen LogP contribution < -0.4 is 9.83 Å². The van der Waals surface area contributed by atoms with Crippen molar-refractivity contribution in [3.63, 3.8) is 0 Å². The van der Waals surface area contributed by atoms with Crippen molar-refractivity contribution in [1.29, 1.82) is 0 Å². The van der Waals surface area contributed by atoms with Crippen LogP contribution in [0.15, 0.2) is 29.2 Å². The summed E-state index contributed by atoms with van der Waals surface area (Å²) in [6.07, 6.45) is 0. The number of hydrogen-bond acceptors (Lipinski definition) is 4. The first-order valence-electron chi connectivity index (χ1n) is 4.32. The van der Waals surface area contributed by atoms with Gasteiger partial charge in [0.2, 0.25) is 10.0 Å². The van der Waals surface area contributed by atoms with Crippen LogP contribution >= 0.6 is 0 Å². The Morgan fingerprint density at radius 1 is 1.44 bits per heavy atom. The number of hydrogen-bond donors (Lipinski definition) is 1. The summed E-state index contributed by atoms with van der Waals surface area (Å²) in [5.74, 6) is -2.53. The molecule has 0 amide bonds. The normalized spacial score (nSPS) is 13.4. The standard InChI is InChI=1S/C9H10FNO4S/c1-6(9(12)13)11-16(14,15)8-5-3-2-4-7(8)10/h2-6,11H,1H3,(H,12,13)/p-1. The molecule has 0 aromatic heterocycles. The molecule has 0 aliphatic rings. The Kier molecular flexibility index (Phi) is 3.61. The van der Waals surface area contributed by atoms with Gasteiger partial charge < -0.3 is 9.90 Å². The lowest BCUT2D eigenvalue weighted by atomic mass is 10.3. The van der Waals surface area contributed by atoms with Crippen LogP contribution in [0.3, 0.4) is 0 Å². The smallest absolute Gasteiger partial charge is 0.244 e. The van der Waals surface area contributed by atoms with E-state index in [2.05, 4.69) is 0 Å². The molecule has 1 atom stereocenters. The van der Waals surface area contributed by atoms with Gasteiger partial charge in [-0.3, -0.25) is 0 Å². The Labute approximate surface area is 92.0 Å². The van der Waals surface area contributed by atoms with Gasteiger partial charge in [0.1, 0.15) is 10.7 Å². The van der Waals surface area contributed by atoms with Gasteiger partial charge in [0.05, 0.1) is 12.0 Å². The van der Waals surface area contributed by atoms with Crippen molar-refractivity contribution in [2.75, 3.05) is 0 Å². The highest BCUT2D eigenvalue weighted by atomic mass is 32.2. The molecule has 0 saturated carbocycles. The zero-order valence-electron chi connectivity index (χ0n) is 8.31. The third-order valence-corrected chi connectivity index (χ3v) is 3.39. The highest BCUT2D eigenvalue weighted by Gasteiger charge is 2.20. The predicted molar refractivity (Wildman–Crippen MR) is 51.2 cm³/mol. The molecule has 1 aromatic rings. The highest BCUT2D eigenvalue weighted by Crippen LogP contribution is 2.13. The molecule has 0 bridgehead atoms. The van der Waals surface area contributed by atoms with Crippen molar-refractivity contribution < 1.29 is 22.7 Å². The number of carboxylic acid groups (broad SMARTS) is 1. The Balaban J connectivity index is 3.04. The molecule has 1 aromatic carbocycles. The second-order valence-corrected chi connectivity index (χ2v) is 4.77. The van der Waals surface area contributed by atoms with Gasteiger partial charge in [-0.1, -0.05) is 12.1 Å². The van der Waals surface area contributed by atoms with Gasteiger partial charge in [-0.25, -0.2) is 17.5 Å². The molecule has 0 saturated heterocycles. The lowest BCUT2D eigenvalue weighted by Crippen LogP contribution is -2.45. The molecule has 0 aliphatic heterocycles. The largest absolute Gasteiger partial charge is 0.548 e. The second kappa shape index (κ2) is 4.58. The number of nitrogens with one attached hydrogen (secondary N) is 1. The molecule has 16 heavy (non-hydrogen) atoms. The number of carbonyl (C=O) groups excluding carboxylic acids is 1. The fraction of sp³-hybridized carbons (Fsp3) is 0.222. The van der Waals surface area contributed by atoms with E-state index in [4.69, 9.17) is 0 Å². The third kappa shape index (κ3) is 2.77. The maximum Gasteiger partial charge on any atom is 0.244 e. The van der Waals surface area contributed by atoms with Crippen LogP contribution in [0, 0.1) is 5.82 Å². The number of halogens is 1. The molecular weight excluding hydrogens is 237 g/mol. The summed E-state index contributed by atoms with van der Waals surface area (Å²) in [5, 5.41) is 10.4. The van der Waals surface area contributed by atoms with E-state index in [1.807, 2.05) is 0 Å².